The van der Waals surface area contributed by atoms with E-state index in [2.05, 4.69) is 158 Å². The van der Waals surface area contributed by atoms with Crippen molar-refractivity contribution in [3.8, 4) is 28.3 Å². The first-order chi connectivity index (χ1) is 22.6. The molecule has 0 aliphatic carbocycles. The molecule has 4 aromatic carbocycles. The van der Waals surface area contributed by atoms with Gasteiger partial charge >= 0.3 is 0 Å². The lowest BCUT2D eigenvalue weighted by molar-refractivity contribution is 0.446. The third-order valence-corrected chi connectivity index (χ3v) is 9.04. The molecule has 6 aromatic rings. The quantitative estimate of drug-likeness (QED) is 0.205. The van der Waals surface area contributed by atoms with Crippen LogP contribution in [0.5, 0.6) is 5.75 Å². The highest BCUT2D eigenvalue weighted by Crippen LogP contribution is 2.44. The molecule has 0 saturated heterocycles. The molecular formula is C44H47N3O. The number of benzene rings is 4. The first kappa shape index (κ1) is 33.0. The van der Waals surface area contributed by atoms with Crippen LogP contribution in [-0.4, -0.2) is 15.1 Å². The normalized spacial score (nSPS) is 12.4. The van der Waals surface area contributed by atoms with Gasteiger partial charge in [-0.1, -0.05) is 123 Å². The molecule has 244 valence electrons. The maximum absolute atomic E-state index is 11.8. The minimum absolute atomic E-state index is 0.0994. The zero-order valence-electron chi connectivity index (χ0n) is 29.8. The van der Waals surface area contributed by atoms with Crippen molar-refractivity contribution in [1.29, 1.82) is 0 Å². The monoisotopic (exact) mass is 633 g/mol. The molecule has 2 heterocycles. The summed E-state index contributed by atoms with van der Waals surface area (Å²) in [6.07, 6.45) is 1.84. The summed E-state index contributed by atoms with van der Waals surface area (Å²) >= 11 is 0. The van der Waals surface area contributed by atoms with Gasteiger partial charge in [-0.3, -0.25) is 4.90 Å². The van der Waals surface area contributed by atoms with Gasteiger partial charge in [0.25, 0.3) is 0 Å². The highest BCUT2D eigenvalue weighted by atomic mass is 16.3. The summed E-state index contributed by atoms with van der Waals surface area (Å²) in [6.45, 7) is 19.8. The van der Waals surface area contributed by atoms with Gasteiger partial charge in [0.15, 0.2) is 0 Å². The van der Waals surface area contributed by atoms with Gasteiger partial charge in [-0.05, 0) is 81.3 Å². The van der Waals surface area contributed by atoms with E-state index in [-0.39, 0.29) is 16.2 Å². The number of fused-ring (bicyclic) bond motifs is 1. The van der Waals surface area contributed by atoms with E-state index in [9.17, 15) is 5.11 Å². The van der Waals surface area contributed by atoms with E-state index in [0.717, 1.165) is 56.2 Å². The second-order valence-corrected chi connectivity index (χ2v) is 15.9. The Labute approximate surface area is 286 Å². The summed E-state index contributed by atoms with van der Waals surface area (Å²) in [5, 5.41) is 14.1. The van der Waals surface area contributed by atoms with E-state index >= 15 is 0 Å². The number of anilines is 3. The number of phenols is 1. The third kappa shape index (κ3) is 6.57. The highest BCUT2D eigenvalue weighted by molar-refractivity contribution is 5.98. The van der Waals surface area contributed by atoms with Crippen molar-refractivity contribution in [3.63, 3.8) is 0 Å². The predicted molar refractivity (Wildman–Crippen MR) is 203 cm³/mol. The Morgan fingerprint density at radius 2 is 1.23 bits per heavy atom. The van der Waals surface area contributed by atoms with Gasteiger partial charge in [0, 0.05) is 34.0 Å². The van der Waals surface area contributed by atoms with Crippen LogP contribution in [0.1, 0.15) is 79.0 Å². The Morgan fingerprint density at radius 3 is 1.92 bits per heavy atom. The van der Waals surface area contributed by atoms with Crippen molar-refractivity contribution in [1.82, 2.24) is 9.97 Å². The highest BCUT2D eigenvalue weighted by Gasteiger charge is 2.27. The zero-order valence-corrected chi connectivity index (χ0v) is 29.8. The summed E-state index contributed by atoms with van der Waals surface area (Å²) in [5.41, 5.74) is 8.20. The molecule has 0 atom stereocenters. The van der Waals surface area contributed by atoms with Crippen LogP contribution < -0.4 is 4.90 Å². The van der Waals surface area contributed by atoms with Gasteiger partial charge in [-0.15, -0.1) is 0 Å². The van der Waals surface area contributed by atoms with E-state index in [4.69, 9.17) is 9.97 Å². The van der Waals surface area contributed by atoms with Crippen molar-refractivity contribution in [2.24, 2.45) is 0 Å². The van der Waals surface area contributed by atoms with Crippen LogP contribution in [0.4, 0.5) is 17.2 Å². The molecule has 0 radical (unpaired) electrons. The number of nitrogens with zero attached hydrogens (tertiary/aromatic N) is 3. The lowest BCUT2D eigenvalue weighted by Gasteiger charge is -2.28. The molecule has 0 aliphatic rings. The predicted octanol–water partition coefficient (Wildman–Crippen LogP) is 12.0. The van der Waals surface area contributed by atoms with Gasteiger partial charge < -0.3 is 5.11 Å². The summed E-state index contributed by atoms with van der Waals surface area (Å²) in [6, 6.07) is 38.0. The van der Waals surface area contributed by atoms with Crippen LogP contribution >= 0.6 is 0 Å². The molecule has 0 aliphatic heterocycles. The SMILES string of the molecule is CC(C)(C)c1cc(-c2cccc(N(c3ccccn3)c3cccc4ccccc34)c2)nc(-c2cc(C(C)(C)C)cc(C(C)(C)C)c2O)c1. The smallest absolute Gasteiger partial charge is 0.137 e. The van der Waals surface area contributed by atoms with E-state index in [1.165, 1.54) is 10.9 Å². The van der Waals surface area contributed by atoms with Crippen molar-refractivity contribution < 1.29 is 5.11 Å². The van der Waals surface area contributed by atoms with Crippen LogP contribution in [0.2, 0.25) is 0 Å². The van der Waals surface area contributed by atoms with Gasteiger partial charge in [0.1, 0.15) is 11.6 Å². The van der Waals surface area contributed by atoms with E-state index < -0.39 is 0 Å². The lowest BCUT2D eigenvalue weighted by atomic mass is 9.78. The molecule has 0 fully saturated rings. The minimum atomic E-state index is -0.241. The number of aromatic nitrogens is 2. The Bertz CT molecular complexity index is 2090. The Balaban J connectivity index is 1.57. The first-order valence-electron chi connectivity index (χ1n) is 16.8. The minimum Gasteiger partial charge on any atom is -0.507 e. The molecule has 6 rings (SSSR count). The van der Waals surface area contributed by atoms with E-state index in [0.29, 0.717) is 5.75 Å². The first-order valence-corrected chi connectivity index (χ1v) is 16.8. The maximum atomic E-state index is 11.8. The Morgan fingerprint density at radius 1 is 0.583 bits per heavy atom. The second kappa shape index (κ2) is 12.2. The summed E-state index contributed by atoms with van der Waals surface area (Å²) < 4.78 is 0. The molecule has 48 heavy (non-hydrogen) atoms. The average Bonchev–Trinajstić information content (AvgIpc) is 3.04. The van der Waals surface area contributed by atoms with Crippen LogP contribution in [-0.2, 0) is 16.2 Å². The van der Waals surface area contributed by atoms with Crippen LogP contribution in [0.3, 0.4) is 0 Å². The van der Waals surface area contributed by atoms with Crippen LogP contribution in [0.15, 0.2) is 115 Å². The number of hydrogen-bond donors (Lipinski definition) is 1. The van der Waals surface area contributed by atoms with Crippen molar-refractivity contribution >= 4 is 28.0 Å². The van der Waals surface area contributed by atoms with Gasteiger partial charge in [0.05, 0.1) is 17.1 Å². The van der Waals surface area contributed by atoms with E-state index in [1.807, 2.05) is 24.4 Å². The number of aromatic hydroxyl groups is 1. The third-order valence-electron chi connectivity index (χ3n) is 9.04. The van der Waals surface area contributed by atoms with Crippen LogP contribution in [0, 0.1) is 0 Å². The number of hydrogen-bond acceptors (Lipinski definition) is 4. The molecule has 4 heteroatoms. The molecular weight excluding hydrogens is 587 g/mol. The summed E-state index contributed by atoms with van der Waals surface area (Å²) in [5.74, 6) is 1.13. The number of phenolic OH excluding ortho intramolecular Hbond substituents is 1. The Kier molecular flexibility index (Phi) is 8.41. The topological polar surface area (TPSA) is 49.2 Å². The fraction of sp³-hybridized carbons (Fsp3) is 0.273. The molecule has 0 bridgehead atoms. The van der Waals surface area contributed by atoms with Gasteiger partial charge in [-0.2, -0.15) is 0 Å². The summed E-state index contributed by atoms with van der Waals surface area (Å²) in [7, 11) is 0. The second-order valence-electron chi connectivity index (χ2n) is 15.9. The van der Waals surface area contributed by atoms with Crippen LogP contribution in [0.25, 0.3) is 33.3 Å². The largest absolute Gasteiger partial charge is 0.507 e. The molecule has 1 N–H and O–H groups in total. The van der Waals surface area contributed by atoms with Gasteiger partial charge in [-0.25, -0.2) is 9.97 Å². The zero-order chi connectivity index (χ0) is 34.4. The summed E-state index contributed by atoms with van der Waals surface area (Å²) in [4.78, 5) is 12.3. The molecule has 0 saturated carbocycles. The van der Waals surface area contributed by atoms with Gasteiger partial charge in [0.2, 0.25) is 0 Å². The fourth-order valence-corrected chi connectivity index (χ4v) is 6.17. The Hall–Kier alpha value is -4.96. The lowest BCUT2D eigenvalue weighted by Crippen LogP contribution is -2.17. The number of rotatable bonds is 5. The van der Waals surface area contributed by atoms with Crippen molar-refractivity contribution in [2.75, 3.05) is 4.90 Å². The average molecular weight is 634 g/mol. The molecule has 0 unspecified atom stereocenters. The molecule has 0 amide bonds. The molecule has 4 nitrogen and oxygen atoms in total. The van der Waals surface area contributed by atoms with Crippen molar-refractivity contribution in [2.45, 2.75) is 78.6 Å². The number of pyridine rings is 2. The van der Waals surface area contributed by atoms with E-state index in [1.54, 1.807) is 0 Å². The standard InChI is InChI=1S/C44H47N3O/c1-42(2,3)31-25-35(41(48)36(26-31)44(7,8)9)38-28-32(43(4,5)6)27-37(46-38)30-18-14-19-33(24-30)47(40-22-12-13-23-45-40)39-21-15-17-29-16-10-11-20-34(29)39/h10-28,48H,1-9H3. The van der Waals surface area contributed by atoms with Crippen molar-refractivity contribution in [3.05, 3.63) is 132 Å². The fourth-order valence-electron chi connectivity index (χ4n) is 6.17. The molecule has 0 spiro atoms. The maximum Gasteiger partial charge on any atom is 0.137 e. The molecule has 2 aromatic heterocycles.